The zero-order chi connectivity index (χ0) is 19.5. The molecular weight excluding hydrogens is 354 g/mol. The number of nitrogens with zero attached hydrogens (tertiary/aromatic N) is 1. The summed E-state index contributed by atoms with van der Waals surface area (Å²) in [6.45, 7) is 10.9. The summed E-state index contributed by atoms with van der Waals surface area (Å²) in [5.41, 5.74) is 3.73. The SMILES string of the molecule is CCO[Si](CCc1ccccc1N(CC)c1ccccc1)(OCC)OCC. The smallest absolute Gasteiger partial charge is 0.374 e. The van der Waals surface area contributed by atoms with Gasteiger partial charge in [-0.15, -0.1) is 0 Å². The van der Waals surface area contributed by atoms with Gasteiger partial charge in [-0.2, -0.15) is 0 Å². The van der Waals surface area contributed by atoms with Crippen molar-refractivity contribution in [2.24, 2.45) is 0 Å². The summed E-state index contributed by atoms with van der Waals surface area (Å²) in [6, 6.07) is 19.9. The highest BCUT2D eigenvalue weighted by Gasteiger charge is 2.40. The van der Waals surface area contributed by atoms with Crippen molar-refractivity contribution >= 4 is 20.2 Å². The lowest BCUT2D eigenvalue weighted by atomic mass is 10.1. The maximum Gasteiger partial charge on any atom is 0.501 e. The molecule has 0 aliphatic heterocycles. The van der Waals surface area contributed by atoms with Gasteiger partial charge in [0, 0.05) is 43.8 Å². The molecule has 0 atom stereocenters. The van der Waals surface area contributed by atoms with E-state index in [1.54, 1.807) is 0 Å². The van der Waals surface area contributed by atoms with Gasteiger partial charge in [0.05, 0.1) is 0 Å². The van der Waals surface area contributed by atoms with Crippen molar-refractivity contribution in [3.05, 3.63) is 60.2 Å². The van der Waals surface area contributed by atoms with Crippen LogP contribution in [0, 0.1) is 0 Å². The number of benzene rings is 2. The van der Waals surface area contributed by atoms with E-state index in [2.05, 4.69) is 66.4 Å². The van der Waals surface area contributed by atoms with Crippen molar-refractivity contribution in [2.75, 3.05) is 31.3 Å². The van der Waals surface area contributed by atoms with Crippen LogP contribution in [0.15, 0.2) is 54.6 Å². The molecule has 2 rings (SSSR count). The third kappa shape index (κ3) is 5.91. The molecule has 0 aliphatic rings. The zero-order valence-electron chi connectivity index (χ0n) is 17.1. The Morgan fingerprint density at radius 1 is 0.741 bits per heavy atom. The van der Waals surface area contributed by atoms with Gasteiger partial charge in [-0.05, 0) is 57.9 Å². The van der Waals surface area contributed by atoms with E-state index in [-0.39, 0.29) is 0 Å². The van der Waals surface area contributed by atoms with E-state index >= 15 is 0 Å². The predicted molar refractivity (Wildman–Crippen MR) is 115 cm³/mol. The first-order valence-corrected chi connectivity index (χ1v) is 11.9. The first-order chi connectivity index (χ1) is 13.2. The Balaban J connectivity index is 2.26. The summed E-state index contributed by atoms with van der Waals surface area (Å²) in [6.07, 6.45) is 0.867. The molecule has 0 fully saturated rings. The van der Waals surface area contributed by atoms with Crippen molar-refractivity contribution in [3.63, 3.8) is 0 Å². The second kappa shape index (κ2) is 11.2. The fourth-order valence-electron chi connectivity index (χ4n) is 3.37. The normalized spacial score (nSPS) is 11.6. The molecule has 4 nitrogen and oxygen atoms in total. The lowest BCUT2D eigenvalue weighted by Crippen LogP contribution is -2.46. The highest BCUT2D eigenvalue weighted by atomic mass is 28.4. The van der Waals surface area contributed by atoms with Gasteiger partial charge in [0.25, 0.3) is 0 Å². The van der Waals surface area contributed by atoms with Gasteiger partial charge in [0.15, 0.2) is 0 Å². The summed E-state index contributed by atoms with van der Waals surface area (Å²) in [5.74, 6) is 0. The largest absolute Gasteiger partial charge is 0.501 e. The topological polar surface area (TPSA) is 30.9 Å². The molecule has 2 aromatic carbocycles. The molecule has 0 saturated heterocycles. The minimum atomic E-state index is -2.64. The second-order valence-corrected chi connectivity index (χ2v) is 8.92. The van der Waals surface area contributed by atoms with Crippen LogP contribution < -0.4 is 4.90 Å². The van der Waals surface area contributed by atoms with Gasteiger partial charge >= 0.3 is 8.80 Å². The van der Waals surface area contributed by atoms with Crippen LogP contribution in [0.2, 0.25) is 6.04 Å². The quantitative estimate of drug-likeness (QED) is 0.454. The monoisotopic (exact) mass is 387 g/mol. The van der Waals surface area contributed by atoms with E-state index in [9.17, 15) is 0 Å². The fraction of sp³-hybridized carbons (Fsp3) is 0.455. The molecule has 148 valence electrons. The number of anilines is 2. The summed E-state index contributed by atoms with van der Waals surface area (Å²) in [5, 5.41) is 0. The summed E-state index contributed by atoms with van der Waals surface area (Å²) in [7, 11) is -2.64. The van der Waals surface area contributed by atoms with Crippen molar-refractivity contribution in [3.8, 4) is 0 Å². The maximum absolute atomic E-state index is 6.02. The summed E-state index contributed by atoms with van der Waals surface area (Å²) >= 11 is 0. The molecule has 0 amide bonds. The van der Waals surface area contributed by atoms with Crippen LogP contribution in [0.5, 0.6) is 0 Å². The number of hydrogen-bond acceptors (Lipinski definition) is 4. The van der Waals surface area contributed by atoms with E-state index in [4.69, 9.17) is 13.3 Å². The highest BCUT2D eigenvalue weighted by molar-refractivity contribution is 6.60. The van der Waals surface area contributed by atoms with Gasteiger partial charge in [0.2, 0.25) is 0 Å². The average molecular weight is 388 g/mol. The Labute approximate surface area is 165 Å². The zero-order valence-corrected chi connectivity index (χ0v) is 18.1. The van der Waals surface area contributed by atoms with Gasteiger partial charge in [0.1, 0.15) is 0 Å². The number of aryl methyl sites for hydroxylation is 1. The third-order valence-corrected chi connectivity index (χ3v) is 7.51. The minimum absolute atomic E-state index is 0.610. The van der Waals surface area contributed by atoms with E-state index in [1.165, 1.54) is 16.9 Å². The molecule has 0 radical (unpaired) electrons. The van der Waals surface area contributed by atoms with Crippen LogP contribution in [0.25, 0.3) is 0 Å². The molecule has 2 aromatic rings. The molecular formula is C22H33NO3Si. The molecule has 0 aromatic heterocycles. The Kier molecular flexibility index (Phi) is 9.01. The molecule has 0 N–H and O–H groups in total. The van der Waals surface area contributed by atoms with E-state index < -0.39 is 8.80 Å². The molecule has 27 heavy (non-hydrogen) atoms. The van der Waals surface area contributed by atoms with Gasteiger partial charge in [-0.3, -0.25) is 0 Å². The fourth-order valence-corrected chi connectivity index (χ4v) is 5.95. The standard InChI is InChI=1S/C22H33NO3Si/c1-5-23(21-15-10-9-11-16-21)22-17-13-12-14-20(22)18-19-27(24-6-2,25-7-3)26-8-4/h9-17H,5-8,18-19H2,1-4H3. The van der Waals surface area contributed by atoms with Gasteiger partial charge < -0.3 is 18.2 Å². The third-order valence-electron chi connectivity index (χ3n) is 4.46. The Morgan fingerprint density at radius 2 is 1.30 bits per heavy atom. The van der Waals surface area contributed by atoms with E-state index in [1.807, 2.05) is 20.8 Å². The van der Waals surface area contributed by atoms with Crippen molar-refractivity contribution in [2.45, 2.75) is 40.2 Å². The minimum Gasteiger partial charge on any atom is -0.374 e. The lowest BCUT2D eigenvalue weighted by molar-refractivity contribution is 0.0714. The maximum atomic E-state index is 6.02. The van der Waals surface area contributed by atoms with Crippen LogP contribution in [0.1, 0.15) is 33.3 Å². The van der Waals surface area contributed by atoms with E-state index in [0.717, 1.165) is 19.0 Å². The number of rotatable bonds is 12. The van der Waals surface area contributed by atoms with Crippen molar-refractivity contribution < 1.29 is 13.3 Å². The summed E-state index contributed by atoms with van der Waals surface area (Å²) in [4.78, 5) is 2.35. The van der Waals surface area contributed by atoms with E-state index in [0.29, 0.717) is 19.8 Å². The van der Waals surface area contributed by atoms with Gasteiger partial charge in [-0.25, -0.2) is 0 Å². The first kappa shape index (κ1) is 21.6. The van der Waals surface area contributed by atoms with Crippen molar-refractivity contribution in [1.82, 2.24) is 0 Å². The number of para-hydroxylation sites is 2. The lowest BCUT2D eigenvalue weighted by Gasteiger charge is -2.30. The average Bonchev–Trinajstić information content (AvgIpc) is 2.69. The summed E-state index contributed by atoms with van der Waals surface area (Å²) < 4.78 is 18.1. The predicted octanol–water partition coefficient (Wildman–Crippen LogP) is 5.44. The Hall–Kier alpha value is -1.66. The first-order valence-electron chi connectivity index (χ1n) is 10.0. The van der Waals surface area contributed by atoms with Crippen LogP contribution >= 0.6 is 0 Å². The Bertz CT molecular complexity index is 649. The molecule has 0 aliphatic carbocycles. The van der Waals surface area contributed by atoms with Crippen LogP contribution in [-0.2, 0) is 19.7 Å². The molecule has 0 unspecified atom stereocenters. The molecule has 0 spiro atoms. The number of hydrogen-bond donors (Lipinski definition) is 0. The molecule has 5 heteroatoms. The highest BCUT2D eigenvalue weighted by Crippen LogP contribution is 2.30. The molecule has 0 heterocycles. The van der Waals surface area contributed by atoms with Crippen LogP contribution in [0.4, 0.5) is 11.4 Å². The molecule has 0 bridgehead atoms. The van der Waals surface area contributed by atoms with Crippen LogP contribution in [-0.4, -0.2) is 35.2 Å². The second-order valence-electron chi connectivity index (χ2n) is 6.19. The molecule has 0 saturated carbocycles. The van der Waals surface area contributed by atoms with Crippen molar-refractivity contribution in [1.29, 1.82) is 0 Å². The van der Waals surface area contributed by atoms with Crippen LogP contribution in [0.3, 0.4) is 0 Å². The van der Waals surface area contributed by atoms with Gasteiger partial charge in [-0.1, -0.05) is 36.4 Å². The Morgan fingerprint density at radius 3 is 1.85 bits per heavy atom.